The second-order valence-corrected chi connectivity index (χ2v) is 11.8. The Morgan fingerprint density at radius 1 is 1.21 bits per heavy atom. The van der Waals surface area contributed by atoms with Gasteiger partial charge in [-0.05, 0) is 40.0 Å². The number of rotatable bonds is 5. The highest BCUT2D eigenvalue weighted by Crippen LogP contribution is 2.47. The molecule has 1 saturated heterocycles. The fraction of sp³-hybridized carbons (Fsp3) is 0.929. The van der Waals surface area contributed by atoms with Crippen LogP contribution in [0.4, 0.5) is 4.79 Å². The molecule has 1 atom stereocenters. The quantitative estimate of drug-likeness (QED) is 0.650. The van der Waals surface area contributed by atoms with Gasteiger partial charge < -0.3 is 9.64 Å². The molecule has 140 valence electrons. The molecular weight excluding hydrogens is 358 g/mol. The van der Waals surface area contributed by atoms with Crippen molar-refractivity contribution in [1.82, 2.24) is 4.90 Å². The molecule has 1 aliphatic heterocycles. The monoisotopic (exact) mass is 383 g/mol. The van der Waals surface area contributed by atoms with Crippen molar-refractivity contribution in [3.8, 4) is 0 Å². The lowest BCUT2D eigenvalue weighted by Crippen LogP contribution is -2.41. The first-order valence-corrected chi connectivity index (χ1v) is 11.2. The van der Waals surface area contributed by atoms with E-state index >= 15 is 0 Å². The Balaban J connectivity index is 2.03. The minimum Gasteiger partial charge on any atom is -0.444 e. The first-order chi connectivity index (χ1) is 10.8. The summed E-state index contributed by atoms with van der Waals surface area (Å²) in [4.78, 5) is 13.5. The highest BCUT2D eigenvalue weighted by molar-refractivity contribution is 7.93. The summed E-state index contributed by atoms with van der Waals surface area (Å²) in [6.45, 7) is 5.27. The van der Waals surface area contributed by atoms with E-state index in [1.165, 1.54) is 4.90 Å². The number of sulfone groups is 1. The third-order valence-corrected chi connectivity index (χ3v) is 7.72. The van der Waals surface area contributed by atoms with Gasteiger partial charge in [-0.15, -0.1) is 0 Å². The Morgan fingerprint density at radius 2 is 1.79 bits per heavy atom. The Bertz CT molecular complexity index is 702. The van der Waals surface area contributed by atoms with Crippen molar-refractivity contribution in [2.45, 2.75) is 55.6 Å². The summed E-state index contributed by atoms with van der Waals surface area (Å²) in [5.41, 5.74) is -0.644. The number of carbonyl (C=O) groups excluding carboxylic acids is 1. The fourth-order valence-electron chi connectivity index (χ4n) is 2.69. The molecule has 8 nitrogen and oxygen atoms in total. The van der Waals surface area contributed by atoms with E-state index in [0.717, 1.165) is 6.26 Å². The zero-order valence-electron chi connectivity index (χ0n) is 14.4. The zero-order chi connectivity index (χ0) is 18.4. The SMILES string of the molecule is CC(C)(C)OC(=O)N1CC[C@H](S(=O)(=O)C2(COS(C)(=O)=O)CC2)C1. The highest BCUT2D eigenvalue weighted by atomic mass is 32.2. The molecular formula is C14H25NO7S2. The predicted octanol–water partition coefficient (Wildman–Crippen LogP) is 0.919. The maximum Gasteiger partial charge on any atom is 0.410 e. The molecule has 2 aliphatic rings. The number of amides is 1. The summed E-state index contributed by atoms with van der Waals surface area (Å²) in [7, 11) is -7.29. The molecule has 0 N–H and O–H groups in total. The van der Waals surface area contributed by atoms with Crippen LogP contribution in [0.3, 0.4) is 0 Å². The highest BCUT2D eigenvalue weighted by Gasteiger charge is 2.58. The summed E-state index contributed by atoms with van der Waals surface area (Å²) in [5, 5.41) is -0.712. The smallest absolute Gasteiger partial charge is 0.410 e. The van der Waals surface area contributed by atoms with E-state index in [9.17, 15) is 21.6 Å². The van der Waals surface area contributed by atoms with Crippen LogP contribution in [0.5, 0.6) is 0 Å². The normalized spacial score (nSPS) is 24.0. The molecule has 0 radical (unpaired) electrons. The van der Waals surface area contributed by atoms with Crippen LogP contribution in [-0.2, 0) is 28.9 Å². The predicted molar refractivity (Wildman–Crippen MR) is 87.9 cm³/mol. The minimum atomic E-state index is -3.69. The van der Waals surface area contributed by atoms with Gasteiger partial charge in [-0.1, -0.05) is 0 Å². The number of hydrogen-bond acceptors (Lipinski definition) is 7. The molecule has 1 saturated carbocycles. The molecule has 0 aromatic carbocycles. The maximum absolute atomic E-state index is 12.8. The van der Waals surface area contributed by atoms with Gasteiger partial charge in [-0.2, -0.15) is 8.42 Å². The van der Waals surface area contributed by atoms with Gasteiger partial charge in [-0.25, -0.2) is 13.2 Å². The Labute approximate surface area is 143 Å². The molecule has 0 aromatic rings. The number of ether oxygens (including phenoxy) is 1. The van der Waals surface area contributed by atoms with E-state index in [1.807, 2.05) is 0 Å². The van der Waals surface area contributed by atoms with Crippen molar-refractivity contribution in [2.75, 3.05) is 26.0 Å². The van der Waals surface area contributed by atoms with Crippen molar-refractivity contribution in [1.29, 1.82) is 0 Å². The summed E-state index contributed by atoms with van der Waals surface area (Å²) in [6.07, 6.45) is 1.46. The summed E-state index contributed by atoms with van der Waals surface area (Å²) < 4.78 is 56.8. The second-order valence-electron chi connectivity index (χ2n) is 7.53. The molecule has 24 heavy (non-hydrogen) atoms. The van der Waals surface area contributed by atoms with Crippen LogP contribution in [0, 0.1) is 0 Å². The van der Waals surface area contributed by atoms with Gasteiger partial charge in [0.05, 0.1) is 22.9 Å². The second kappa shape index (κ2) is 6.14. The van der Waals surface area contributed by atoms with E-state index in [1.54, 1.807) is 20.8 Å². The van der Waals surface area contributed by atoms with E-state index in [-0.39, 0.29) is 13.2 Å². The average molecular weight is 383 g/mol. The molecule has 10 heteroatoms. The van der Waals surface area contributed by atoms with Crippen LogP contribution in [0.2, 0.25) is 0 Å². The lowest BCUT2D eigenvalue weighted by molar-refractivity contribution is 0.0295. The lowest BCUT2D eigenvalue weighted by Gasteiger charge is -2.25. The first-order valence-electron chi connectivity index (χ1n) is 7.82. The molecule has 1 amide bonds. The third kappa shape index (κ3) is 4.40. The van der Waals surface area contributed by atoms with Crippen molar-refractivity contribution < 1.29 is 30.6 Å². The van der Waals surface area contributed by atoms with E-state index < -0.39 is 41.6 Å². The van der Waals surface area contributed by atoms with Crippen molar-refractivity contribution in [2.24, 2.45) is 0 Å². The maximum atomic E-state index is 12.8. The van der Waals surface area contributed by atoms with E-state index in [0.29, 0.717) is 25.8 Å². The van der Waals surface area contributed by atoms with Crippen LogP contribution in [0.1, 0.15) is 40.0 Å². The standard InChI is InChI=1S/C14H25NO7S2/c1-13(2,3)22-12(16)15-8-5-11(9-15)24(19,20)14(6-7-14)10-21-23(4,17)18/h11H,5-10H2,1-4H3/t11-/m0/s1. The average Bonchev–Trinajstić information content (AvgIpc) is 3.02. The number of hydrogen-bond donors (Lipinski definition) is 0. The molecule has 1 heterocycles. The largest absolute Gasteiger partial charge is 0.444 e. The van der Waals surface area contributed by atoms with Gasteiger partial charge in [-0.3, -0.25) is 4.18 Å². The minimum absolute atomic E-state index is 0.0673. The van der Waals surface area contributed by atoms with Gasteiger partial charge in [0.25, 0.3) is 10.1 Å². The van der Waals surface area contributed by atoms with Gasteiger partial charge >= 0.3 is 6.09 Å². The fourth-order valence-corrected chi connectivity index (χ4v) is 5.60. The third-order valence-electron chi connectivity index (χ3n) is 4.18. The summed E-state index contributed by atoms with van der Waals surface area (Å²) in [5.74, 6) is 0. The van der Waals surface area contributed by atoms with Gasteiger partial charge in [0.15, 0.2) is 9.84 Å². The number of carbonyl (C=O) groups is 1. The number of nitrogens with zero attached hydrogens (tertiary/aromatic N) is 1. The summed E-state index contributed by atoms with van der Waals surface area (Å²) in [6, 6.07) is 0. The summed E-state index contributed by atoms with van der Waals surface area (Å²) >= 11 is 0. The van der Waals surface area contributed by atoms with Crippen LogP contribution < -0.4 is 0 Å². The molecule has 0 bridgehead atoms. The molecule has 2 rings (SSSR count). The van der Waals surface area contributed by atoms with Crippen LogP contribution in [0.15, 0.2) is 0 Å². The first kappa shape index (κ1) is 19.5. The molecule has 0 unspecified atom stereocenters. The van der Waals surface area contributed by atoms with Crippen LogP contribution in [0.25, 0.3) is 0 Å². The van der Waals surface area contributed by atoms with Crippen LogP contribution >= 0.6 is 0 Å². The van der Waals surface area contributed by atoms with Crippen molar-refractivity contribution in [3.63, 3.8) is 0 Å². The number of likely N-dealkylation sites (tertiary alicyclic amines) is 1. The van der Waals surface area contributed by atoms with Gasteiger partial charge in [0, 0.05) is 13.1 Å². The van der Waals surface area contributed by atoms with Crippen molar-refractivity contribution in [3.05, 3.63) is 0 Å². The van der Waals surface area contributed by atoms with E-state index in [2.05, 4.69) is 0 Å². The Morgan fingerprint density at radius 3 is 2.25 bits per heavy atom. The van der Waals surface area contributed by atoms with E-state index in [4.69, 9.17) is 8.92 Å². The Hall–Kier alpha value is -0.870. The lowest BCUT2D eigenvalue weighted by atomic mass is 10.2. The molecule has 0 aromatic heterocycles. The molecule has 0 spiro atoms. The van der Waals surface area contributed by atoms with Crippen molar-refractivity contribution >= 4 is 26.0 Å². The molecule has 1 aliphatic carbocycles. The Kier molecular flexibility index (Phi) is 4.97. The molecule has 2 fully saturated rings. The van der Waals surface area contributed by atoms with Crippen LogP contribution in [-0.4, -0.2) is 69.4 Å². The topological polar surface area (TPSA) is 107 Å². The van der Waals surface area contributed by atoms with Gasteiger partial charge in [0.1, 0.15) is 5.60 Å². The zero-order valence-corrected chi connectivity index (χ0v) is 16.1. The van der Waals surface area contributed by atoms with Gasteiger partial charge in [0.2, 0.25) is 0 Å².